The van der Waals surface area contributed by atoms with Crippen molar-refractivity contribution in [3.05, 3.63) is 121 Å². The summed E-state index contributed by atoms with van der Waals surface area (Å²) in [6.45, 7) is 13.4. The first-order valence-electron chi connectivity index (χ1n) is 14.8. The number of fused-ring (bicyclic) bond motifs is 6. The summed E-state index contributed by atoms with van der Waals surface area (Å²) >= 11 is 0. The minimum Gasteiger partial charge on any atom is -0.250 e. The molecule has 0 amide bonds. The van der Waals surface area contributed by atoms with Gasteiger partial charge in [-0.25, -0.2) is 9.97 Å². The number of hydrogen-bond acceptors (Lipinski definition) is 2. The van der Waals surface area contributed by atoms with Crippen LogP contribution in [-0.2, 0) is 10.8 Å². The Hall–Kier alpha value is -4.56. The number of pyridine rings is 2. The highest BCUT2D eigenvalue weighted by Gasteiger charge is 2.22. The molecule has 0 aliphatic heterocycles. The van der Waals surface area contributed by atoms with E-state index in [4.69, 9.17) is 9.97 Å². The summed E-state index contributed by atoms with van der Waals surface area (Å²) in [6.07, 6.45) is 0. The fraction of sp³-hybridized carbons (Fsp3) is 0.200. The molecule has 7 aromatic rings. The average Bonchev–Trinajstić information content (AvgIpc) is 2.99. The largest absolute Gasteiger partial charge is 0.250 e. The summed E-state index contributed by atoms with van der Waals surface area (Å²) < 4.78 is 0. The summed E-state index contributed by atoms with van der Waals surface area (Å²) in [5, 5.41) is 7.37. The van der Waals surface area contributed by atoms with Gasteiger partial charge in [0.1, 0.15) is 0 Å². The smallest absolute Gasteiger partial charge is 0.0974 e. The second-order valence-electron chi connectivity index (χ2n) is 13.6. The Labute approximate surface area is 248 Å². The van der Waals surface area contributed by atoms with Crippen LogP contribution in [0.1, 0.15) is 52.9 Å². The lowest BCUT2D eigenvalue weighted by atomic mass is 9.87. The molecule has 0 aliphatic carbocycles. The van der Waals surface area contributed by atoms with Gasteiger partial charge in [0.2, 0.25) is 0 Å². The number of hydrogen-bond donors (Lipinski definition) is 0. The van der Waals surface area contributed by atoms with Crippen LogP contribution >= 0.6 is 0 Å². The Kier molecular flexibility index (Phi) is 5.95. The molecular weight excluding hydrogens is 508 g/mol. The Morgan fingerprint density at radius 3 is 1.83 bits per heavy atom. The van der Waals surface area contributed by atoms with Crippen molar-refractivity contribution in [1.29, 1.82) is 0 Å². The zero-order chi connectivity index (χ0) is 29.2. The van der Waals surface area contributed by atoms with Gasteiger partial charge in [0.15, 0.2) is 0 Å². The van der Waals surface area contributed by atoms with Gasteiger partial charge in [-0.1, -0.05) is 126 Å². The molecule has 0 spiro atoms. The van der Waals surface area contributed by atoms with Crippen LogP contribution in [0.25, 0.3) is 65.6 Å². The molecule has 0 radical (unpaired) electrons. The normalized spacial score (nSPS) is 12.5. The number of nitrogens with zero attached hydrogens (tertiary/aromatic N) is 2. The summed E-state index contributed by atoms with van der Waals surface area (Å²) in [4.78, 5) is 10.4. The predicted molar refractivity (Wildman–Crippen MR) is 180 cm³/mol. The van der Waals surface area contributed by atoms with Crippen LogP contribution in [-0.4, -0.2) is 9.97 Å². The van der Waals surface area contributed by atoms with E-state index in [1.807, 2.05) is 0 Å². The molecule has 0 saturated heterocycles. The van der Waals surface area contributed by atoms with Crippen molar-refractivity contribution in [2.45, 2.75) is 52.4 Å². The zero-order valence-corrected chi connectivity index (χ0v) is 25.3. The summed E-state index contributed by atoms with van der Waals surface area (Å²) in [5.41, 5.74) is 8.77. The summed E-state index contributed by atoms with van der Waals surface area (Å²) in [6, 6.07) is 39.9. The first kappa shape index (κ1) is 26.3. The van der Waals surface area contributed by atoms with E-state index in [0.29, 0.717) is 0 Å². The molecule has 5 aromatic carbocycles. The van der Waals surface area contributed by atoms with Crippen molar-refractivity contribution in [2.24, 2.45) is 0 Å². The predicted octanol–water partition coefficient (Wildman–Crippen LogP) is 11.0. The van der Waals surface area contributed by atoms with Crippen LogP contribution < -0.4 is 0 Å². The van der Waals surface area contributed by atoms with Gasteiger partial charge < -0.3 is 0 Å². The van der Waals surface area contributed by atoms with E-state index in [1.165, 1.54) is 43.8 Å². The molecule has 2 nitrogen and oxygen atoms in total. The molecule has 0 aliphatic rings. The van der Waals surface area contributed by atoms with Crippen molar-refractivity contribution in [3.8, 4) is 22.3 Å². The molecule has 0 saturated carbocycles. The summed E-state index contributed by atoms with van der Waals surface area (Å²) in [7, 11) is 0. The lowest BCUT2D eigenvalue weighted by molar-refractivity contribution is 0.570. The molecule has 2 heteroatoms. The fourth-order valence-electron chi connectivity index (χ4n) is 5.97. The molecular formula is C40H36N2. The van der Waals surface area contributed by atoms with E-state index in [1.54, 1.807) is 0 Å². The maximum absolute atomic E-state index is 5.26. The van der Waals surface area contributed by atoms with Crippen LogP contribution in [0.15, 0.2) is 109 Å². The third-order valence-electron chi connectivity index (χ3n) is 8.43. The number of rotatable bonds is 2. The molecule has 42 heavy (non-hydrogen) atoms. The highest BCUT2D eigenvalue weighted by atomic mass is 14.8. The van der Waals surface area contributed by atoms with Gasteiger partial charge in [0, 0.05) is 33.0 Å². The first-order chi connectivity index (χ1) is 20.1. The molecule has 2 heterocycles. The Bertz CT molecular complexity index is 2160. The van der Waals surface area contributed by atoms with Gasteiger partial charge in [-0.3, -0.25) is 0 Å². The monoisotopic (exact) mass is 544 g/mol. The maximum atomic E-state index is 5.26. The highest BCUT2D eigenvalue weighted by molar-refractivity contribution is 6.10. The minimum atomic E-state index is -0.106. The van der Waals surface area contributed by atoms with Crippen molar-refractivity contribution >= 4 is 43.4 Å². The molecule has 0 bridgehead atoms. The molecule has 0 atom stereocenters. The van der Waals surface area contributed by atoms with Gasteiger partial charge in [0.05, 0.1) is 11.0 Å². The van der Waals surface area contributed by atoms with E-state index < -0.39 is 0 Å². The molecule has 0 fully saturated rings. The van der Waals surface area contributed by atoms with Gasteiger partial charge >= 0.3 is 0 Å². The van der Waals surface area contributed by atoms with Crippen LogP contribution in [0.3, 0.4) is 0 Å². The minimum absolute atomic E-state index is 0.0404. The molecule has 0 N–H and O–H groups in total. The lowest BCUT2D eigenvalue weighted by Crippen LogP contribution is -2.15. The first-order valence-corrected chi connectivity index (χ1v) is 14.8. The maximum Gasteiger partial charge on any atom is 0.0974 e. The van der Waals surface area contributed by atoms with E-state index >= 15 is 0 Å². The molecule has 206 valence electrons. The van der Waals surface area contributed by atoms with Crippen LogP contribution in [0, 0.1) is 0 Å². The second kappa shape index (κ2) is 9.49. The Balaban J connectivity index is 1.43. The highest BCUT2D eigenvalue weighted by Crippen LogP contribution is 2.38. The van der Waals surface area contributed by atoms with Crippen molar-refractivity contribution in [2.75, 3.05) is 0 Å². The van der Waals surface area contributed by atoms with E-state index in [2.05, 4.69) is 151 Å². The Morgan fingerprint density at radius 2 is 1.02 bits per heavy atom. The van der Waals surface area contributed by atoms with Gasteiger partial charge in [0.25, 0.3) is 0 Å². The van der Waals surface area contributed by atoms with E-state index in [-0.39, 0.29) is 10.8 Å². The summed E-state index contributed by atoms with van der Waals surface area (Å²) in [5.74, 6) is 0. The van der Waals surface area contributed by atoms with E-state index in [9.17, 15) is 0 Å². The Morgan fingerprint density at radius 1 is 0.405 bits per heavy atom. The quantitative estimate of drug-likeness (QED) is 0.202. The zero-order valence-electron chi connectivity index (χ0n) is 25.3. The van der Waals surface area contributed by atoms with Crippen LogP contribution in [0.2, 0.25) is 0 Å². The number of aromatic nitrogens is 2. The topological polar surface area (TPSA) is 25.8 Å². The van der Waals surface area contributed by atoms with Crippen molar-refractivity contribution in [1.82, 2.24) is 9.97 Å². The van der Waals surface area contributed by atoms with Crippen molar-refractivity contribution < 1.29 is 0 Å². The van der Waals surface area contributed by atoms with Gasteiger partial charge in [-0.2, -0.15) is 0 Å². The number of benzene rings is 5. The third kappa shape index (κ3) is 4.52. The third-order valence-corrected chi connectivity index (χ3v) is 8.43. The van der Waals surface area contributed by atoms with Gasteiger partial charge in [-0.15, -0.1) is 0 Å². The fourth-order valence-corrected chi connectivity index (χ4v) is 5.97. The lowest BCUT2D eigenvalue weighted by Gasteiger charge is -2.22. The molecule has 7 rings (SSSR count). The standard InChI is InChI=1S/C40H36N2/c1-39(2,3)35-21-18-26-16-20-33-34(24-36(40(4,5)6)42-38(33)37(26)41-35)29-12-9-11-27(22-29)28-17-19-32-30(23-28)15-14-25-10-7-8-13-31(25)32/h7-24H,1-6H3. The SMILES string of the molecule is CC(C)(C)c1ccc2ccc3c(-c4cccc(-c5ccc6c(ccc7ccccc76)c5)c4)cc(C(C)(C)C)nc3c2n1. The van der Waals surface area contributed by atoms with Crippen molar-refractivity contribution in [3.63, 3.8) is 0 Å². The van der Waals surface area contributed by atoms with Crippen LogP contribution in [0.4, 0.5) is 0 Å². The molecule has 0 unspecified atom stereocenters. The second-order valence-corrected chi connectivity index (χ2v) is 13.6. The van der Waals surface area contributed by atoms with E-state index in [0.717, 1.165) is 33.2 Å². The average molecular weight is 545 g/mol. The van der Waals surface area contributed by atoms with Gasteiger partial charge in [-0.05, 0) is 68.1 Å². The molecule has 2 aromatic heterocycles. The van der Waals surface area contributed by atoms with Crippen LogP contribution in [0.5, 0.6) is 0 Å².